The van der Waals surface area contributed by atoms with Gasteiger partial charge in [-0.1, -0.05) is 30.3 Å². The van der Waals surface area contributed by atoms with Crippen LogP contribution in [0.15, 0.2) is 30.3 Å². The Morgan fingerprint density at radius 3 is 2.57 bits per heavy atom. The summed E-state index contributed by atoms with van der Waals surface area (Å²) < 4.78 is 0. The van der Waals surface area contributed by atoms with Gasteiger partial charge in [0.15, 0.2) is 5.78 Å². The van der Waals surface area contributed by atoms with Gasteiger partial charge >= 0.3 is 0 Å². The molecule has 1 aliphatic heterocycles. The lowest BCUT2D eigenvalue weighted by molar-refractivity contribution is -0.140. The van der Waals surface area contributed by atoms with Crippen LogP contribution in [0.5, 0.6) is 0 Å². The van der Waals surface area contributed by atoms with Gasteiger partial charge in [-0.15, -0.1) is 0 Å². The van der Waals surface area contributed by atoms with Crippen molar-refractivity contribution in [2.24, 2.45) is 0 Å². The molecule has 1 fully saturated rings. The van der Waals surface area contributed by atoms with Crippen molar-refractivity contribution in [1.82, 2.24) is 4.90 Å². The lowest BCUT2D eigenvalue weighted by Crippen LogP contribution is -2.52. The largest absolute Gasteiger partial charge is 0.393 e. The molecule has 2 N–H and O–H groups in total. The number of Topliss-reactive ketones (excluding diaryl/α,β-unsaturated/α-hetero) is 1. The number of carbonyl (C=O) groups excluding carboxylic acids is 2. The minimum atomic E-state index is -1.20. The zero-order chi connectivity index (χ0) is 15.3. The molecule has 1 aromatic carbocycles. The Labute approximate surface area is 124 Å². The summed E-state index contributed by atoms with van der Waals surface area (Å²) in [6, 6.07) is 8.89. The highest BCUT2D eigenvalue weighted by Gasteiger charge is 2.34. The molecule has 0 saturated carbocycles. The molecule has 0 radical (unpaired) electrons. The van der Waals surface area contributed by atoms with E-state index in [2.05, 4.69) is 0 Å². The molecule has 0 unspecified atom stereocenters. The highest BCUT2D eigenvalue weighted by atomic mass is 16.3. The molecule has 0 spiro atoms. The van der Waals surface area contributed by atoms with Gasteiger partial charge in [0, 0.05) is 24.9 Å². The Kier molecular flexibility index (Phi) is 5.09. The van der Waals surface area contributed by atoms with Gasteiger partial charge in [-0.2, -0.15) is 0 Å². The molecule has 5 nitrogen and oxygen atoms in total. The molecular weight excluding hydrogens is 270 g/mol. The number of piperidine rings is 1. The predicted octanol–water partition coefficient (Wildman–Crippen LogP) is 0.995. The molecule has 1 amide bonds. The van der Waals surface area contributed by atoms with E-state index >= 15 is 0 Å². The Morgan fingerprint density at radius 2 is 1.90 bits per heavy atom. The van der Waals surface area contributed by atoms with E-state index in [4.69, 9.17) is 0 Å². The maximum Gasteiger partial charge on any atom is 0.223 e. The normalized spacial score (nSPS) is 22.1. The van der Waals surface area contributed by atoms with E-state index in [9.17, 15) is 19.8 Å². The van der Waals surface area contributed by atoms with E-state index in [1.54, 1.807) is 24.3 Å². The zero-order valence-corrected chi connectivity index (χ0v) is 12.0. The number of likely N-dealkylation sites (tertiary alicyclic amines) is 1. The van der Waals surface area contributed by atoms with Gasteiger partial charge in [-0.25, -0.2) is 0 Å². The molecule has 0 bridgehead atoms. The Hall–Kier alpha value is -1.72. The summed E-state index contributed by atoms with van der Waals surface area (Å²) in [7, 11) is 0. The minimum Gasteiger partial charge on any atom is -0.393 e. The molecule has 21 heavy (non-hydrogen) atoms. The van der Waals surface area contributed by atoms with Crippen LogP contribution >= 0.6 is 0 Å². The highest BCUT2D eigenvalue weighted by Crippen LogP contribution is 2.21. The van der Waals surface area contributed by atoms with Crippen molar-refractivity contribution in [2.75, 3.05) is 19.7 Å². The monoisotopic (exact) mass is 291 g/mol. The van der Waals surface area contributed by atoms with Crippen molar-refractivity contribution in [3.63, 3.8) is 0 Å². The Balaban J connectivity index is 1.86. The van der Waals surface area contributed by atoms with E-state index in [0.717, 1.165) is 0 Å². The molecule has 0 aromatic heterocycles. The third-order valence-electron chi connectivity index (χ3n) is 3.86. The maximum absolute atomic E-state index is 12.1. The molecule has 5 heteroatoms. The standard InChI is InChI=1S/C16H21NO4/c18-12-16(21)9-4-10-17(11-16)15(20)8-7-14(19)13-5-2-1-3-6-13/h1-3,5-6,18,21H,4,7-12H2/t16-/m1/s1. The van der Waals surface area contributed by atoms with Crippen LogP contribution in [-0.2, 0) is 4.79 Å². The fraction of sp³-hybridized carbons (Fsp3) is 0.500. The number of benzene rings is 1. The second-order valence-electron chi connectivity index (χ2n) is 5.59. The number of carbonyl (C=O) groups is 2. The molecule has 1 aliphatic rings. The van der Waals surface area contributed by atoms with E-state index in [1.165, 1.54) is 4.90 Å². The van der Waals surface area contributed by atoms with E-state index < -0.39 is 5.60 Å². The SMILES string of the molecule is O=C(CCC(=O)N1CCC[C@](O)(CO)C1)c1ccccc1. The first-order chi connectivity index (χ1) is 10.0. The summed E-state index contributed by atoms with van der Waals surface area (Å²) in [6.45, 7) is 0.363. The number of β-amino-alcohol motifs (C(OH)–C–C–N with tert-alkyl or cyclic N) is 1. The molecule has 1 atom stereocenters. The summed E-state index contributed by atoms with van der Waals surface area (Å²) in [6.07, 6.45) is 1.46. The fourth-order valence-corrected chi connectivity index (χ4v) is 2.60. The first-order valence-electron chi connectivity index (χ1n) is 7.23. The average Bonchev–Trinajstić information content (AvgIpc) is 2.53. The summed E-state index contributed by atoms with van der Waals surface area (Å²) in [4.78, 5) is 25.6. The molecule has 114 valence electrons. The second kappa shape index (κ2) is 6.83. The summed E-state index contributed by atoms with van der Waals surface area (Å²) >= 11 is 0. The molecule has 2 rings (SSSR count). The van der Waals surface area contributed by atoms with Gasteiger partial charge in [0.25, 0.3) is 0 Å². The van der Waals surface area contributed by atoms with Gasteiger partial charge < -0.3 is 15.1 Å². The quantitative estimate of drug-likeness (QED) is 0.793. The molecule has 1 heterocycles. The van der Waals surface area contributed by atoms with Crippen molar-refractivity contribution in [2.45, 2.75) is 31.3 Å². The minimum absolute atomic E-state index is 0.0571. The van der Waals surface area contributed by atoms with E-state index in [-0.39, 0.29) is 37.7 Å². The van der Waals surface area contributed by atoms with Crippen molar-refractivity contribution in [3.8, 4) is 0 Å². The van der Waals surface area contributed by atoms with E-state index in [1.807, 2.05) is 6.07 Å². The number of nitrogens with zero attached hydrogens (tertiary/aromatic N) is 1. The van der Waals surface area contributed by atoms with Gasteiger partial charge in [-0.05, 0) is 12.8 Å². The van der Waals surface area contributed by atoms with Crippen LogP contribution in [0.1, 0.15) is 36.0 Å². The zero-order valence-electron chi connectivity index (χ0n) is 12.0. The number of ketones is 1. The predicted molar refractivity (Wildman–Crippen MR) is 77.9 cm³/mol. The van der Waals surface area contributed by atoms with Crippen LogP contribution in [-0.4, -0.2) is 52.1 Å². The van der Waals surface area contributed by atoms with Crippen molar-refractivity contribution in [3.05, 3.63) is 35.9 Å². The molecule has 1 saturated heterocycles. The molecular formula is C16H21NO4. The Bertz CT molecular complexity index is 502. The number of rotatable bonds is 5. The molecule has 0 aliphatic carbocycles. The van der Waals surface area contributed by atoms with Crippen LogP contribution in [0.25, 0.3) is 0 Å². The summed E-state index contributed by atoms with van der Waals surface area (Å²) in [5.41, 5.74) is -0.590. The molecule has 1 aromatic rings. The summed E-state index contributed by atoms with van der Waals surface area (Å²) in [5, 5.41) is 19.2. The van der Waals surface area contributed by atoms with Gasteiger partial charge in [-0.3, -0.25) is 9.59 Å². The van der Waals surface area contributed by atoms with Gasteiger partial charge in [0.05, 0.1) is 13.2 Å². The van der Waals surface area contributed by atoms with Crippen LogP contribution in [0.4, 0.5) is 0 Å². The lowest BCUT2D eigenvalue weighted by Gasteiger charge is -2.38. The number of aliphatic hydroxyl groups is 2. The Morgan fingerprint density at radius 1 is 1.19 bits per heavy atom. The van der Waals surface area contributed by atoms with Crippen molar-refractivity contribution in [1.29, 1.82) is 0 Å². The first kappa shape index (κ1) is 15.7. The number of hydrogen-bond donors (Lipinski definition) is 2. The third kappa shape index (κ3) is 4.12. The maximum atomic E-state index is 12.1. The number of amides is 1. The average molecular weight is 291 g/mol. The van der Waals surface area contributed by atoms with E-state index in [0.29, 0.717) is 24.9 Å². The topological polar surface area (TPSA) is 77.8 Å². The van der Waals surface area contributed by atoms with Crippen molar-refractivity contribution < 1.29 is 19.8 Å². The smallest absolute Gasteiger partial charge is 0.223 e. The van der Waals surface area contributed by atoms with Crippen molar-refractivity contribution >= 4 is 11.7 Å². The van der Waals surface area contributed by atoms with Crippen LogP contribution in [0.3, 0.4) is 0 Å². The first-order valence-corrected chi connectivity index (χ1v) is 7.23. The second-order valence-corrected chi connectivity index (χ2v) is 5.59. The van der Waals surface area contributed by atoms with Crippen LogP contribution in [0.2, 0.25) is 0 Å². The lowest BCUT2D eigenvalue weighted by atomic mass is 9.93. The number of hydrogen-bond acceptors (Lipinski definition) is 4. The highest BCUT2D eigenvalue weighted by molar-refractivity contribution is 5.97. The third-order valence-corrected chi connectivity index (χ3v) is 3.86. The number of aliphatic hydroxyl groups excluding tert-OH is 1. The van der Waals surface area contributed by atoms with Gasteiger partial charge in [0.1, 0.15) is 5.60 Å². The van der Waals surface area contributed by atoms with Crippen LogP contribution < -0.4 is 0 Å². The summed E-state index contributed by atoms with van der Waals surface area (Å²) in [5.74, 6) is -0.204. The van der Waals surface area contributed by atoms with Crippen LogP contribution in [0, 0.1) is 0 Å². The fourth-order valence-electron chi connectivity index (χ4n) is 2.60. The van der Waals surface area contributed by atoms with Gasteiger partial charge in [0.2, 0.25) is 5.91 Å².